The van der Waals surface area contributed by atoms with E-state index in [4.69, 9.17) is 9.97 Å². The Hall–Kier alpha value is -4.31. The third-order valence-electron chi connectivity index (χ3n) is 5.33. The van der Waals surface area contributed by atoms with Crippen molar-refractivity contribution < 1.29 is 4.79 Å². The van der Waals surface area contributed by atoms with Gasteiger partial charge in [0.2, 0.25) is 0 Å². The second-order valence-corrected chi connectivity index (χ2v) is 7.68. The number of aromatic nitrogens is 2. The molecule has 1 aromatic heterocycles. The highest BCUT2D eigenvalue weighted by Gasteiger charge is 2.14. The fourth-order valence-corrected chi connectivity index (χ4v) is 3.63. The van der Waals surface area contributed by atoms with Gasteiger partial charge in [-0.2, -0.15) is 0 Å². The van der Waals surface area contributed by atoms with Crippen molar-refractivity contribution in [3.63, 3.8) is 0 Å². The quantitative estimate of drug-likeness (QED) is 0.363. The summed E-state index contributed by atoms with van der Waals surface area (Å²) in [7, 11) is 0. The zero-order valence-corrected chi connectivity index (χ0v) is 17.6. The third kappa shape index (κ3) is 3.98. The summed E-state index contributed by atoms with van der Waals surface area (Å²) >= 11 is 0. The molecule has 0 saturated heterocycles. The van der Waals surface area contributed by atoms with Crippen LogP contribution in [0, 0.1) is 6.92 Å². The molecular weight excluding hydrogens is 394 g/mol. The van der Waals surface area contributed by atoms with Gasteiger partial charge in [-0.05, 0) is 37.3 Å². The molecule has 5 aromatic rings. The molecular formula is C28H21N3O. The highest BCUT2D eigenvalue weighted by molar-refractivity contribution is 6.05. The van der Waals surface area contributed by atoms with Crippen LogP contribution in [0.1, 0.15) is 15.9 Å². The van der Waals surface area contributed by atoms with Crippen LogP contribution < -0.4 is 5.32 Å². The summed E-state index contributed by atoms with van der Waals surface area (Å²) < 4.78 is 0. The lowest BCUT2D eigenvalue weighted by atomic mass is 10.0. The molecule has 0 bridgehead atoms. The fourth-order valence-electron chi connectivity index (χ4n) is 3.63. The predicted molar refractivity (Wildman–Crippen MR) is 130 cm³/mol. The van der Waals surface area contributed by atoms with Crippen LogP contribution in [0.3, 0.4) is 0 Å². The fraction of sp³-hybridized carbons (Fsp3) is 0.0357. The van der Waals surface area contributed by atoms with E-state index in [0.29, 0.717) is 11.3 Å². The van der Waals surface area contributed by atoms with Gasteiger partial charge in [-0.1, -0.05) is 78.4 Å². The van der Waals surface area contributed by atoms with Crippen molar-refractivity contribution >= 4 is 22.6 Å². The number of amides is 1. The first-order valence-electron chi connectivity index (χ1n) is 10.5. The monoisotopic (exact) mass is 415 g/mol. The summed E-state index contributed by atoms with van der Waals surface area (Å²) in [6.07, 6.45) is 0. The van der Waals surface area contributed by atoms with Gasteiger partial charge in [0.15, 0.2) is 0 Å². The lowest BCUT2D eigenvalue weighted by Gasteiger charge is -2.12. The van der Waals surface area contributed by atoms with Gasteiger partial charge >= 0.3 is 0 Å². The maximum absolute atomic E-state index is 12.6. The topological polar surface area (TPSA) is 54.9 Å². The lowest BCUT2D eigenvalue weighted by molar-refractivity contribution is 0.102. The third-order valence-corrected chi connectivity index (χ3v) is 5.33. The minimum Gasteiger partial charge on any atom is -0.322 e. The Kier molecular flexibility index (Phi) is 5.18. The van der Waals surface area contributed by atoms with E-state index in [-0.39, 0.29) is 5.91 Å². The van der Waals surface area contributed by atoms with Gasteiger partial charge in [-0.3, -0.25) is 4.79 Å². The van der Waals surface area contributed by atoms with E-state index in [1.54, 1.807) is 0 Å². The minimum atomic E-state index is -0.151. The number of rotatable bonds is 4. The zero-order valence-electron chi connectivity index (χ0n) is 17.6. The molecule has 4 nitrogen and oxygen atoms in total. The molecule has 0 spiro atoms. The highest BCUT2D eigenvalue weighted by atomic mass is 16.1. The molecule has 0 radical (unpaired) electrons. The van der Waals surface area contributed by atoms with Gasteiger partial charge < -0.3 is 5.32 Å². The normalized spacial score (nSPS) is 10.8. The van der Waals surface area contributed by atoms with Crippen molar-refractivity contribution in [3.8, 4) is 22.5 Å². The van der Waals surface area contributed by atoms with E-state index < -0.39 is 0 Å². The molecule has 0 unspecified atom stereocenters. The minimum absolute atomic E-state index is 0.151. The molecule has 0 aliphatic heterocycles. The van der Waals surface area contributed by atoms with Crippen molar-refractivity contribution in [2.45, 2.75) is 6.92 Å². The molecule has 1 N–H and O–H groups in total. The number of hydrogen-bond acceptors (Lipinski definition) is 3. The standard InChI is InChI=1S/C28H21N3O/c1-19-12-14-22(15-13-19)28(32)29-23-16-17-24-25(18-23)31-27(21-10-6-3-7-11-21)26(30-24)20-8-4-2-5-9-20/h2-18H,1H3,(H,29,32). The van der Waals surface area contributed by atoms with Gasteiger partial charge in [-0.15, -0.1) is 0 Å². The van der Waals surface area contributed by atoms with Crippen molar-refractivity contribution in [3.05, 3.63) is 114 Å². The SMILES string of the molecule is Cc1ccc(C(=O)Nc2ccc3nc(-c4ccccc4)c(-c4ccccc4)nc3c2)cc1. The van der Waals surface area contributed by atoms with Crippen LogP contribution in [0.5, 0.6) is 0 Å². The Morgan fingerprint density at radius 1 is 0.656 bits per heavy atom. The number of nitrogens with zero attached hydrogens (tertiary/aromatic N) is 2. The summed E-state index contributed by atoms with van der Waals surface area (Å²) in [6.45, 7) is 2.00. The summed E-state index contributed by atoms with van der Waals surface area (Å²) in [5, 5.41) is 2.97. The van der Waals surface area contributed by atoms with Crippen LogP contribution in [-0.4, -0.2) is 15.9 Å². The number of fused-ring (bicyclic) bond motifs is 1. The first-order valence-corrected chi connectivity index (χ1v) is 10.5. The number of carbonyl (C=O) groups excluding carboxylic acids is 1. The molecule has 5 rings (SSSR count). The van der Waals surface area contributed by atoms with E-state index in [9.17, 15) is 4.79 Å². The largest absolute Gasteiger partial charge is 0.322 e. The molecule has 154 valence electrons. The predicted octanol–water partition coefficient (Wildman–Crippen LogP) is 6.52. The Bertz CT molecular complexity index is 1400. The second-order valence-electron chi connectivity index (χ2n) is 7.68. The number of carbonyl (C=O) groups is 1. The van der Waals surface area contributed by atoms with E-state index in [0.717, 1.165) is 39.1 Å². The number of benzene rings is 4. The van der Waals surface area contributed by atoms with Crippen molar-refractivity contribution in [1.29, 1.82) is 0 Å². The molecule has 4 aromatic carbocycles. The summed E-state index contributed by atoms with van der Waals surface area (Å²) in [4.78, 5) is 22.5. The summed E-state index contributed by atoms with van der Waals surface area (Å²) in [6, 6.07) is 33.2. The molecule has 32 heavy (non-hydrogen) atoms. The number of anilines is 1. The van der Waals surface area contributed by atoms with Gasteiger partial charge in [0.25, 0.3) is 5.91 Å². The van der Waals surface area contributed by atoms with Gasteiger partial charge in [0.05, 0.1) is 22.4 Å². The van der Waals surface area contributed by atoms with Crippen LogP contribution in [-0.2, 0) is 0 Å². The van der Waals surface area contributed by atoms with Crippen molar-refractivity contribution in [1.82, 2.24) is 9.97 Å². The Labute approximate surface area is 186 Å². The smallest absolute Gasteiger partial charge is 0.255 e. The van der Waals surface area contributed by atoms with E-state index in [1.807, 2.05) is 110 Å². The van der Waals surface area contributed by atoms with Crippen LogP contribution in [0.4, 0.5) is 5.69 Å². The Morgan fingerprint density at radius 3 is 1.81 bits per heavy atom. The van der Waals surface area contributed by atoms with E-state index in [2.05, 4.69) is 5.32 Å². The van der Waals surface area contributed by atoms with E-state index in [1.165, 1.54) is 0 Å². The average Bonchev–Trinajstić information content (AvgIpc) is 2.84. The highest BCUT2D eigenvalue weighted by Crippen LogP contribution is 2.31. The van der Waals surface area contributed by atoms with Crippen molar-refractivity contribution in [2.75, 3.05) is 5.32 Å². The maximum Gasteiger partial charge on any atom is 0.255 e. The van der Waals surface area contributed by atoms with Crippen LogP contribution in [0.25, 0.3) is 33.5 Å². The molecule has 4 heteroatoms. The van der Waals surface area contributed by atoms with Crippen molar-refractivity contribution in [2.24, 2.45) is 0 Å². The number of aryl methyl sites for hydroxylation is 1. The van der Waals surface area contributed by atoms with Gasteiger partial charge in [0, 0.05) is 22.4 Å². The first-order chi connectivity index (χ1) is 15.7. The number of hydrogen-bond donors (Lipinski definition) is 1. The molecule has 0 saturated carbocycles. The maximum atomic E-state index is 12.6. The molecule has 1 amide bonds. The second kappa shape index (κ2) is 8.44. The molecule has 0 fully saturated rings. The molecule has 0 aliphatic carbocycles. The molecule has 1 heterocycles. The van der Waals surface area contributed by atoms with E-state index >= 15 is 0 Å². The molecule has 0 atom stereocenters. The molecule has 0 aliphatic rings. The van der Waals surface area contributed by atoms with Crippen LogP contribution in [0.15, 0.2) is 103 Å². The van der Waals surface area contributed by atoms with Crippen LogP contribution in [0.2, 0.25) is 0 Å². The van der Waals surface area contributed by atoms with Gasteiger partial charge in [-0.25, -0.2) is 9.97 Å². The van der Waals surface area contributed by atoms with Crippen LogP contribution >= 0.6 is 0 Å². The Morgan fingerprint density at radius 2 is 1.22 bits per heavy atom. The average molecular weight is 415 g/mol. The zero-order chi connectivity index (χ0) is 21.9. The Balaban J connectivity index is 1.57. The first kappa shape index (κ1) is 19.6. The van der Waals surface area contributed by atoms with Gasteiger partial charge in [0.1, 0.15) is 0 Å². The summed E-state index contributed by atoms with van der Waals surface area (Å²) in [5.41, 5.74) is 7.57. The lowest BCUT2D eigenvalue weighted by Crippen LogP contribution is -2.11. The summed E-state index contributed by atoms with van der Waals surface area (Å²) in [5.74, 6) is -0.151. The number of nitrogens with one attached hydrogen (secondary N) is 1.